The molecule has 1 saturated carbocycles. The molecule has 2 aromatic rings. The topological polar surface area (TPSA) is 77.2 Å². The minimum atomic E-state index is -0.407. The summed E-state index contributed by atoms with van der Waals surface area (Å²) >= 11 is 1.36. The molecule has 0 unspecified atom stereocenters. The number of hydrogen-bond acceptors (Lipinski definition) is 6. The summed E-state index contributed by atoms with van der Waals surface area (Å²) in [5, 5.41) is 8.26. The van der Waals surface area contributed by atoms with E-state index in [1.54, 1.807) is 0 Å². The predicted octanol–water partition coefficient (Wildman–Crippen LogP) is 4.76. The lowest BCUT2D eigenvalue weighted by atomic mass is 10.1. The van der Waals surface area contributed by atoms with Crippen molar-refractivity contribution in [2.75, 3.05) is 6.54 Å². The van der Waals surface area contributed by atoms with Gasteiger partial charge in [0.15, 0.2) is 0 Å². The number of carbonyl (C=O) groups is 1. The standard InChI is InChI=1S/C19H25N3O3S/c1-4-5-6-16-15(13(3)25-22-16)9-10-17-21-12(2)18(26-17)24-19(23)20-11-14-7-8-14/h9-10,14H,4-8,11H2,1-3H3,(H,20,23)/b10-9+. The number of ether oxygens (including phenoxy) is 1. The Kier molecular flexibility index (Phi) is 6.08. The maximum atomic E-state index is 11.8. The Morgan fingerprint density at radius 3 is 2.92 bits per heavy atom. The zero-order chi connectivity index (χ0) is 18.5. The zero-order valence-electron chi connectivity index (χ0n) is 15.5. The molecule has 0 aromatic carbocycles. The van der Waals surface area contributed by atoms with E-state index < -0.39 is 6.09 Å². The van der Waals surface area contributed by atoms with Crippen molar-refractivity contribution in [2.24, 2.45) is 5.92 Å². The molecule has 6 nitrogen and oxygen atoms in total. The number of aromatic nitrogens is 2. The Balaban J connectivity index is 1.64. The zero-order valence-corrected chi connectivity index (χ0v) is 16.3. The molecule has 1 aliphatic carbocycles. The van der Waals surface area contributed by atoms with Gasteiger partial charge in [0, 0.05) is 12.1 Å². The molecule has 26 heavy (non-hydrogen) atoms. The fourth-order valence-corrected chi connectivity index (χ4v) is 3.38. The normalized spacial score (nSPS) is 14.1. The SMILES string of the molecule is CCCCc1noc(C)c1/C=C/c1nc(C)c(OC(=O)NCC2CC2)s1. The second kappa shape index (κ2) is 8.49. The quantitative estimate of drug-likeness (QED) is 0.720. The van der Waals surface area contributed by atoms with Gasteiger partial charge in [-0.15, -0.1) is 0 Å². The number of unbranched alkanes of at least 4 members (excludes halogenated alkanes) is 1. The van der Waals surface area contributed by atoms with Crippen molar-refractivity contribution in [3.8, 4) is 5.06 Å². The second-order valence-corrected chi connectivity index (χ2v) is 7.67. The fourth-order valence-electron chi connectivity index (χ4n) is 2.56. The third-order valence-corrected chi connectivity index (χ3v) is 5.33. The highest BCUT2D eigenvalue weighted by molar-refractivity contribution is 7.14. The van der Waals surface area contributed by atoms with Crippen LogP contribution >= 0.6 is 11.3 Å². The molecule has 1 amide bonds. The van der Waals surface area contributed by atoms with Crippen molar-refractivity contribution in [3.05, 3.63) is 27.7 Å². The van der Waals surface area contributed by atoms with Crippen molar-refractivity contribution in [1.82, 2.24) is 15.5 Å². The van der Waals surface area contributed by atoms with Crippen LogP contribution < -0.4 is 10.1 Å². The summed E-state index contributed by atoms with van der Waals surface area (Å²) in [5.74, 6) is 1.42. The van der Waals surface area contributed by atoms with Gasteiger partial charge in [-0.1, -0.05) is 29.8 Å². The largest absolute Gasteiger partial charge is 0.413 e. The Hall–Kier alpha value is -2.15. The van der Waals surface area contributed by atoms with Gasteiger partial charge in [-0.3, -0.25) is 0 Å². The molecule has 0 radical (unpaired) electrons. The molecule has 140 valence electrons. The number of nitrogens with one attached hydrogen (secondary N) is 1. The molecule has 0 bridgehead atoms. The minimum Gasteiger partial charge on any atom is -0.397 e. The van der Waals surface area contributed by atoms with Crippen LogP contribution in [0.25, 0.3) is 12.2 Å². The van der Waals surface area contributed by atoms with E-state index in [0.717, 1.165) is 41.3 Å². The van der Waals surface area contributed by atoms with Crippen molar-refractivity contribution in [1.29, 1.82) is 0 Å². The molecule has 1 N–H and O–H groups in total. The van der Waals surface area contributed by atoms with Crippen LogP contribution in [0.3, 0.4) is 0 Å². The van der Waals surface area contributed by atoms with Gasteiger partial charge in [-0.05, 0) is 57.6 Å². The first kappa shape index (κ1) is 18.6. The number of thiazole rings is 1. The molecule has 1 fully saturated rings. The van der Waals surface area contributed by atoms with E-state index in [9.17, 15) is 4.79 Å². The Morgan fingerprint density at radius 1 is 1.38 bits per heavy atom. The lowest BCUT2D eigenvalue weighted by Gasteiger charge is -2.03. The lowest BCUT2D eigenvalue weighted by molar-refractivity contribution is 0.201. The monoisotopic (exact) mass is 375 g/mol. The Bertz CT molecular complexity index is 790. The summed E-state index contributed by atoms with van der Waals surface area (Å²) < 4.78 is 10.7. The van der Waals surface area contributed by atoms with Crippen LogP contribution in [-0.2, 0) is 6.42 Å². The van der Waals surface area contributed by atoms with Crippen molar-refractivity contribution >= 4 is 29.6 Å². The summed E-state index contributed by atoms with van der Waals surface area (Å²) in [6.07, 6.45) is 8.97. The van der Waals surface area contributed by atoms with Crippen LogP contribution in [0.5, 0.6) is 5.06 Å². The van der Waals surface area contributed by atoms with E-state index in [1.165, 1.54) is 24.2 Å². The van der Waals surface area contributed by atoms with Gasteiger partial charge < -0.3 is 14.6 Å². The summed E-state index contributed by atoms with van der Waals surface area (Å²) in [7, 11) is 0. The van der Waals surface area contributed by atoms with Crippen LogP contribution in [0, 0.1) is 19.8 Å². The number of amides is 1. The molecule has 2 heterocycles. The fraction of sp³-hybridized carbons (Fsp3) is 0.526. The highest BCUT2D eigenvalue weighted by Crippen LogP contribution is 2.30. The third-order valence-electron chi connectivity index (χ3n) is 4.33. The molecule has 7 heteroatoms. The van der Waals surface area contributed by atoms with Crippen LogP contribution in [0.2, 0.25) is 0 Å². The van der Waals surface area contributed by atoms with Crippen molar-refractivity contribution < 1.29 is 14.1 Å². The van der Waals surface area contributed by atoms with Crippen LogP contribution in [0.1, 0.15) is 60.3 Å². The van der Waals surface area contributed by atoms with Crippen LogP contribution in [-0.4, -0.2) is 22.8 Å². The Morgan fingerprint density at radius 2 is 2.19 bits per heavy atom. The summed E-state index contributed by atoms with van der Waals surface area (Å²) in [4.78, 5) is 16.3. The van der Waals surface area contributed by atoms with Gasteiger partial charge in [-0.25, -0.2) is 9.78 Å². The lowest BCUT2D eigenvalue weighted by Crippen LogP contribution is -2.28. The third kappa shape index (κ3) is 4.94. The summed E-state index contributed by atoms with van der Waals surface area (Å²) in [6, 6.07) is 0. The van der Waals surface area contributed by atoms with Gasteiger partial charge in [-0.2, -0.15) is 0 Å². The van der Waals surface area contributed by atoms with Gasteiger partial charge in [0.2, 0.25) is 5.06 Å². The summed E-state index contributed by atoms with van der Waals surface area (Å²) in [5.41, 5.74) is 2.70. The number of nitrogens with zero attached hydrogens (tertiary/aromatic N) is 2. The predicted molar refractivity (Wildman–Crippen MR) is 102 cm³/mol. The van der Waals surface area contributed by atoms with E-state index >= 15 is 0 Å². The van der Waals surface area contributed by atoms with E-state index in [1.807, 2.05) is 26.0 Å². The molecule has 0 atom stereocenters. The average molecular weight is 375 g/mol. The van der Waals surface area contributed by atoms with E-state index in [2.05, 4.69) is 22.4 Å². The first-order chi connectivity index (χ1) is 12.6. The van der Waals surface area contributed by atoms with Gasteiger partial charge >= 0.3 is 6.09 Å². The smallest absolute Gasteiger partial charge is 0.397 e. The van der Waals surface area contributed by atoms with E-state index in [4.69, 9.17) is 9.26 Å². The molecule has 0 aliphatic heterocycles. The number of carbonyl (C=O) groups excluding carboxylic acids is 1. The van der Waals surface area contributed by atoms with Crippen LogP contribution in [0.4, 0.5) is 4.79 Å². The first-order valence-corrected chi connectivity index (χ1v) is 9.94. The highest BCUT2D eigenvalue weighted by Gasteiger charge is 2.22. The first-order valence-electron chi connectivity index (χ1n) is 9.13. The number of aryl methyl sites for hydroxylation is 3. The van der Waals surface area contributed by atoms with Crippen LogP contribution in [0.15, 0.2) is 4.52 Å². The Labute approximate surface area is 157 Å². The maximum absolute atomic E-state index is 11.8. The van der Waals surface area contributed by atoms with Gasteiger partial charge in [0.25, 0.3) is 0 Å². The molecular weight excluding hydrogens is 350 g/mol. The molecule has 0 saturated heterocycles. The summed E-state index contributed by atoms with van der Waals surface area (Å²) in [6.45, 7) is 6.60. The van der Waals surface area contributed by atoms with E-state index in [0.29, 0.717) is 23.2 Å². The van der Waals surface area contributed by atoms with Crippen molar-refractivity contribution in [2.45, 2.75) is 52.9 Å². The average Bonchev–Trinajstić information content (AvgIpc) is 3.30. The number of rotatable bonds is 8. The maximum Gasteiger partial charge on any atom is 0.413 e. The van der Waals surface area contributed by atoms with Gasteiger partial charge in [0.1, 0.15) is 10.8 Å². The molecule has 0 spiro atoms. The minimum absolute atomic E-state index is 0.407. The van der Waals surface area contributed by atoms with Crippen molar-refractivity contribution in [3.63, 3.8) is 0 Å². The highest BCUT2D eigenvalue weighted by atomic mass is 32.1. The van der Waals surface area contributed by atoms with E-state index in [-0.39, 0.29) is 0 Å². The molecule has 2 aromatic heterocycles. The second-order valence-electron chi connectivity index (χ2n) is 6.67. The molecular formula is C19H25N3O3S. The molecule has 3 rings (SSSR count). The number of hydrogen-bond donors (Lipinski definition) is 1. The van der Waals surface area contributed by atoms with Gasteiger partial charge in [0.05, 0.1) is 11.4 Å². The molecule has 1 aliphatic rings.